The lowest BCUT2D eigenvalue weighted by Crippen LogP contribution is -2.20. The average molecular weight is 758 g/mol. The maximum atomic E-state index is 5.83. The molecule has 0 heterocycles. The van der Waals surface area contributed by atoms with E-state index in [4.69, 9.17) is 9.47 Å². The molecule has 0 bridgehead atoms. The van der Waals surface area contributed by atoms with E-state index in [0.717, 1.165) is 40.5 Å². The molecule has 148 valence electrons. The lowest BCUT2D eigenvalue weighted by molar-refractivity contribution is 0.310. The number of halogens is 6. The fourth-order valence-electron chi connectivity index (χ4n) is 2.56. The maximum Gasteiger partial charge on any atom is 0.150 e. The van der Waals surface area contributed by atoms with Crippen LogP contribution in [-0.4, -0.2) is 10.0 Å². The summed E-state index contributed by atoms with van der Waals surface area (Å²) in [6.45, 7) is 8.25. The van der Waals surface area contributed by atoms with E-state index in [2.05, 4.69) is 134 Å². The summed E-state index contributed by atoms with van der Waals surface area (Å²) < 4.78 is 15.3. The van der Waals surface area contributed by atoms with Crippen LogP contribution in [0.4, 0.5) is 0 Å². The van der Waals surface area contributed by atoms with E-state index in [-0.39, 0.29) is 15.4 Å². The molecule has 0 saturated carbocycles. The molecule has 2 unspecified atom stereocenters. The molecule has 0 fully saturated rings. The van der Waals surface area contributed by atoms with Gasteiger partial charge in [0, 0.05) is 5.41 Å². The van der Waals surface area contributed by atoms with E-state index in [1.54, 1.807) is 0 Å². The highest BCUT2D eigenvalue weighted by atomic mass is 79.9. The molecule has 2 nitrogen and oxygen atoms in total. The highest BCUT2D eigenvalue weighted by molar-refractivity contribution is 9.11. The molecule has 0 aromatic heterocycles. The Morgan fingerprint density at radius 1 is 0.667 bits per heavy atom. The van der Waals surface area contributed by atoms with Gasteiger partial charge in [-0.25, -0.2) is 0 Å². The quantitative estimate of drug-likeness (QED) is 0.274. The number of hydrogen-bond donors (Lipinski definition) is 0. The summed E-state index contributed by atoms with van der Waals surface area (Å²) in [7, 11) is 0. The normalized spacial score (nSPS) is 14.0. The van der Waals surface area contributed by atoms with Crippen LogP contribution in [0.5, 0.6) is 11.5 Å². The summed E-state index contributed by atoms with van der Waals surface area (Å²) in [6.07, 6.45) is 0. The SMILES string of the molecule is CC(Br)Oc1c(Br)cc(C(C)(C)c2cc(Br)c(OC(C)Br)c(Br)c2)cc1Br. The first-order valence-electron chi connectivity index (χ1n) is 8.04. The van der Waals surface area contributed by atoms with Crippen LogP contribution >= 0.6 is 95.6 Å². The molecule has 2 aromatic rings. The second-order valence-electron chi connectivity index (χ2n) is 6.48. The summed E-state index contributed by atoms with van der Waals surface area (Å²) in [5.41, 5.74) is 2.06. The number of ether oxygens (including phenoxy) is 2. The monoisotopic (exact) mass is 752 g/mol. The molecule has 0 aliphatic heterocycles. The van der Waals surface area contributed by atoms with E-state index in [0.29, 0.717) is 0 Å². The standard InChI is InChI=1S/C19H18Br6O2/c1-9(20)26-17-13(22)5-11(6-14(17)23)19(3,4)12-7-15(24)18(16(25)8-12)27-10(2)21/h5-10H,1-4H3. The van der Waals surface area contributed by atoms with Crippen LogP contribution in [0.1, 0.15) is 38.8 Å². The van der Waals surface area contributed by atoms with Crippen LogP contribution in [0, 0.1) is 0 Å². The van der Waals surface area contributed by atoms with Gasteiger partial charge >= 0.3 is 0 Å². The molecule has 0 N–H and O–H groups in total. The Balaban J connectivity index is 2.50. The highest BCUT2D eigenvalue weighted by Gasteiger charge is 2.27. The van der Waals surface area contributed by atoms with Gasteiger partial charge in [-0.05, 0) is 145 Å². The van der Waals surface area contributed by atoms with Gasteiger partial charge in [0.25, 0.3) is 0 Å². The third-order valence-electron chi connectivity index (χ3n) is 4.00. The van der Waals surface area contributed by atoms with Gasteiger partial charge in [0.2, 0.25) is 0 Å². The summed E-state index contributed by atoms with van der Waals surface area (Å²) in [5, 5.41) is -0.166. The summed E-state index contributed by atoms with van der Waals surface area (Å²) in [4.78, 5) is 0. The van der Waals surface area contributed by atoms with E-state index in [1.807, 2.05) is 13.8 Å². The summed E-state index contributed by atoms with van der Waals surface area (Å²) >= 11 is 21.4. The van der Waals surface area contributed by atoms with Crippen molar-refractivity contribution in [3.8, 4) is 11.5 Å². The van der Waals surface area contributed by atoms with Crippen LogP contribution in [0.25, 0.3) is 0 Å². The smallest absolute Gasteiger partial charge is 0.150 e. The van der Waals surface area contributed by atoms with Crippen molar-refractivity contribution < 1.29 is 9.47 Å². The fourth-order valence-corrected chi connectivity index (χ4v) is 5.68. The molecule has 0 amide bonds. The lowest BCUT2D eigenvalue weighted by atomic mass is 9.78. The Morgan fingerprint density at radius 2 is 0.926 bits per heavy atom. The zero-order valence-electron chi connectivity index (χ0n) is 15.0. The Bertz CT molecular complexity index is 719. The van der Waals surface area contributed by atoms with E-state index < -0.39 is 0 Å². The molecule has 8 heteroatoms. The van der Waals surface area contributed by atoms with Crippen molar-refractivity contribution >= 4 is 95.6 Å². The van der Waals surface area contributed by atoms with Crippen LogP contribution in [0.2, 0.25) is 0 Å². The number of rotatable bonds is 6. The van der Waals surface area contributed by atoms with Gasteiger partial charge in [0.15, 0.2) is 10.0 Å². The first kappa shape index (κ1) is 24.2. The molecule has 2 aromatic carbocycles. The summed E-state index contributed by atoms with van der Waals surface area (Å²) in [6, 6.07) is 8.40. The minimum Gasteiger partial charge on any atom is -0.477 e. The Hall–Kier alpha value is 0.920. The van der Waals surface area contributed by atoms with Crippen molar-refractivity contribution in [1.29, 1.82) is 0 Å². The number of benzene rings is 2. The van der Waals surface area contributed by atoms with Crippen molar-refractivity contribution in [2.45, 2.75) is 43.1 Å². The van der Waals surface area contributed by atoms with Gasteiger partial charge < -0.3 is 9.47 Å². The molecule has 0 saturated heterocycles. The van der Waals surface area contributed by atoms with Crippen molar-refractivity contribution in [3.63, 3.8) is 0 Å². The third-order valence-corrected chi connectivity index (χ3v) is 6.73. The molecule has 27 heavy (non-hydrogen) atoms. The fraction of sp³-hybridized carbons (Fsp3) is 0.368. The predicted octanol–water partition coefficient (Wildman–Crippen LogP) is 9.30. The van der Waals surface area contributed by atoms with Crippen molar-refractivity contribution in [2.75, 3.05) is 0 Å². The summed E-state index contributed by atoms with van der Waals surface area (Å²) in [5.74, 6) is 1.55. The van der Waals surface area contributed by atoms with Crippen molar-refractivity contribution in [2.24, 2.45) is 0 Å². The van der Waals surface area contributed by atoms with Gasteiger partial charge in [0.1, 0.15) is 11.5 Å². The average Bonchev–Trinajstić information content (AvgIpc) is 2.53. The molecule has 2 rings (SSSR count). The molecule has 0 aliphatic rings. The largest absolute Gasteiger partial charge is 0.477 e. The van der Waals surface area contributed by atoms with E-state index >= 15 is 0 Å². The van der Waals surface area contributed by atoms with Crippen LogP contribution < -0.4 is 9.47 Å². The predicted molar refractivity (Wildman–Crippen MR) is 134 cm³/mol. The number of alkyl halides is 2. The first-order valence-corrected chi connectivity index (χ1v) is 13.0. The molecule has 2 atom stereocenters. The van der Waals surface area contributed by atoms with E-state index in [9.17, 15) is 0 Å². The van der Waals surface area contributed by atoms with Crippen LogP contribution in [-0.2, 0) is 5.41 Å². The topological polar surface area (TPSA) is 18.5 Å². The second-order valence-corrected chi connectivity index (χ2v) is 12.5. The number of hydrogen-bond acceptors (Lipinski definition) is 2. The molecular weight excluding hydrogens is 740 g/mol. The van der Waals surface area contributed by atoms with Gasteiger partial charge in [0.05, 0.1) is 17.9 Å². The van der Waals surface area contributed by atoms with Crippen LogP contribution in [0.15, 0.2) is 42.2 Å². The molecule has 0 spiro atoms. The van der Waals surface area contributed by atoms with Crippen molar-refractivity contribution in [3.05, 3.63) is 53.3 Å². The molecule has 0 radical (unpaired) electrons. The van der Waals surface area contributed by atoms with Crippen molar-refractivity contribution in [1.82, 2.24) is 0 Å². The third kappa shape index (κ3) is 5.97. The Morgan fingerprint density at radius 3 is 1.15 bits per heavy atom. The second kappa shape index (κ2) is 9.82. The Kier molecular flexibility index (Phi) is 8.80. The lowest BCUT2D eigenvalue weighted by Gasteiger charge is -2.28. The molecule has 0 aliphatic carbocycles. The van der Waals surface area contributed by atoms with Gasteiger partial charge in [-0.1, -0.05) is 13.8 Å². The maximum absolute atomic E-state index is 5.83. The van der Waals surface area contributed by atoms with Gasteiger partial charge in [-0.2, -0.15) is 0 Å². The minimum absolute atomic E-state index is 0.0831. The zero-order valence-corrected chi connectivity index (χ0v) is 24.6. The van der Waals surface area contributed by atoms with E-state index in [1.165, 1.54) is 0 Å². The zero-order chi connectivity index (χ0) is 20.5. The molecular formula is C19H18Br6O2. The first-order chi connectivity index (χ1) is 12.4. The highest BCUT2D eigenvalue weighted by Crippen LogP contribution is 2.44. The minimum atomic E-state index is -0.243. The van der Waals surface area contributed by atoms with Gasteiger partial charge in [-0.15, -0.1) is 0 Å². The Labute approximate surface area is 210 Å². The van der Waals surface area contributed by atoms with Crippen LogP contribution in [0.3, 0.4) is 0 Å². The van der Waals surface area contributed by atoms with Gasteiger partial charge in [-0.3, -0.25) is 0 Å².